The molecule has 3 rings (SSSR count). The molecule has 0 aliphatic heterocycles. The van der Waals surface area contributed by atoms with Crippen LogP contribution in [0.3, 0.4) is 0 Å². The van der Waals surface area contributed by atoms with Crippen molar-refractivity contribution in [2.24, 2.45) is 0 Å². The van der Waals surface area contributed by atoms with E-state index in [0.717, 1.165) is 22.6 Å². The van der Waals surface area contributed by atoms with Gasteiger partial charge in [0.2, 0.25) is 0 Å². The molecule has 0 amide bonds. The molecule has 18 heavy (non-hydrogen) atoms. The third-order valence-electron chi connectivity index (χ3n) is 2.56. The number of rotatable bonds is 4. The molecule has 0 unspecified atom stereocenters. The molecule has 0 atom stereocenters. The van der Waals surface area contributed by atoms with E-state index in [1.54, 1.807) is 6.20 Å². The molecule has 2 N–H and O–H groups in total. The molecule has 0 saturated carbocycles. The zero-order valence-electron chi connectivity index (χ0n) is 9.67. The van der Waals surface area contributed by atoms with Gasteiger partial charge in [0.15, 0.2) is 0 Å². The topological polar surface area (TPSA) is 79.4 Å². The lowest BCUT2D eigenvalue weighted by atomic mass is 10.3. The van der Waals surface area contributed by atoms with Gasteiger partial charge in [0.1, 0.15) is 12.2 Å². The third-order valence-corrected chi connectivity index (χ3v) is 2.56. The fourth-order valence-corrected chi connectivity index (χ4v) is 1.71. The molecule has 6 heteroatoms. The average Bonchev–Trinajstić information content (AvgIpc) is 2.92. The summed E-state index contributed by atoms with van der Waals surface area (Å²) < 4.78 is 0. The van der Waals surface area contributed by atoms with Crippen LogP contribution in [0, 0.1) is 0 Å². The van der Waals surface area contributed by atoms with E-state index in [1.807, 2.05) is 24.3 Å². The smallest absolute Gasteiger partial charge is 0.138 e. The van der Waals surface area contributed by atoms with Crippen molar-refractivity contribution in [1.29, 1.82) is 0 Å². The average molecular weight is 240 g/mol. The minimum Gasteiger partial charge on any atom is -0.304 e. The Bertz CT molecular complexity index is 634. The van der Waals surface area contributed by atoms with Crippen molar-refractivity contribution in [2.45, 2.75) is 13.1 Å². The number of nitrogens with zero attached hydrogens (tertiary/aromatic N) is 4. The van der Waals surface area contributed by atoms with Crippen LogP contribution in [0.15, 0.2) is 36.8 Å². The van der Waals surface area contributed by atoms with Gasteiger partial charge in [0.05, 0.1) is 29.5 Å². The molecule has 0 bridgehead atoms. The molecule has 0 fully saturated rings. The van der Waals surface area contributed by atoms with E-state index in [4.69, 9.17) is 0 Å². The highest BCUT2D eigenvalue weighted by Crippen LogP contribution is 2.08. The van der Waals surface area contributed by atoms with Gasteiger partial charge in [-0.1, -0.05) is 12.1 Å². The number of H-pyrrole nitrogens is 1. The first-order valence-corrected chi connectivity index (χ1v) is 5.67. The molecule has 2 heterocycles. The van der Waals surface area contributed by atoms with Crippen LogP contribution in [0.5, 0.6) is 0 Å². The first-order chi connectivity index (χ1) is 8.92. The van der Waals surface area contributed by atoms with Gasteiger partial charge in [-0.2, -0.15) is 5.10 Å². The Kier molecular flexibility index (Phi) is 2.93. The summed E-state index contributed by atoms with van der Waals surface area (Å²) in [7, 11) is 0. The molecular weight excluding hydrogens is 228 g/mol. The molecular formula is C12H12N6. The number of hydrogen-bond acceptors (Lipinski definition) is 5. The van der Waals surface area contributed by atoms with Gasteiger partial charge in [0.25, 0.3) is 0 Å². The van der Waals surface area contributed by atoms with Crippen molar-refractivity contribution in [2.75, 3.05) is 0 Å². The molecule has 0 saturated heterocycles. The first-order valence-electron chi connectivity index (χ1n) is 5.67. The van der Waals surface area contributed by atoms with Crippen LogP contribution in [-0.4, -0.2) is 25.1 Å². The Hall–Kier alpha value is -2.34. The van der Waals surface area contributed by atoms with Gasteiger partial charge in [-0.05, 0) is 12.1 Å². The maximum Gasteiger partial charge on any atom is 0.138 e. The number of nitrogens with one attached hydrogen (secondary N) is 2. The van der Waals surface area contributed by atoms with Crippen LogP contribution >= 0.6 is 0 Å². The molecule has 0 radical (unpaired) electrons. The number of benzene rings is 1. The fraction of sp³-hybridized carbons (Fsp3) is 0.167. The van der Waals surface area contributed by atoms with Crippen LogP contribution < -0.4 is 5.32 Å². The predicted molar refractivity (Wildman–Crippen MR) is 66.5 cm³/mol. The maximum absolute atomic E-state index is 4.52. The molecule has 0 aliphatic rings. The number of aromatic amines is 1. The Morgan fingerprint density at radius 2 is 1.94 bits per heavy atom. The monoisotopic (exact) mass is 240 g/mol. The number of hydrogen-bond donors (Lipinski definition) is 2. The highest BCUT2D eigenvalue weighted by molar-refractivity contribution is 5.73. The van der Waals surface area contributed by atoms with Crippen molar-refractivity contribution in [3.63, 3.8) is 0 Å². The van der Waals surface area contributed by atoms with Crippen molar-refractivity contribution in [3.05, 3.63) is 48.3 Å². The number of aromatic nitrogens is 5. The molecule has 2 aromatic heterocycles. The van der Waals surface area contributed by atoms with Crippen LogP contribution in [0.2, 0.25) is 0 Å². The summed E-state index contributed by atoms with van der Waals surface area (Å²) >= 11 is 0. The normalized spacial score (nSPS) is 10.9. The quantitative estimate of drug-likeness (QED) is 0.712. The highest BCUT2D eigenvalue weighted by atomic mass is 15.2. The predicted octanol–water partition coefficient (Wildman–Crippen LogP) is 1.04. The standard InChI is InChI=1S/C12H12N6/c1-2-4-11-10(3-1)14-6-9(17-11)5-13-7-12-15-8-16-18-12/h1-4,6,8,13H,5,7H2,(H,15,16,18). The second kappa shape index (κ2) is 4.89. The summed E-state index contributed by atoms with van der Waals surface area (Å²) in [5.74, 6) is 0.809. The Morgan fingerprint density at radius 1 is 1.06 bits per heavy atom. The van der Waals surface area contributed by atoms with Crippen molar-refractivity contribution >= 4 is 11.0 Å². The fourth-order valence-electron chi connectivity index (χ4n) is 1.71. The SMILES string of the molecule is c1ccc2nc(CNCc3ncn[nH]3)cnc2c1. The zero-order chi connectivity index (χ0) is 12.2. The molecule has 3 aromatic rings. The lowest BCUT2D eigenvalue weighted by Crippen LogP contribution is -2.14. The molecule has 0 spiro atoms. The Balaban J connectivity index is 1.67. The summed E-state index contributed by atoms with van der Waals surface area (Å²) in [6, 6.07) is 7.83. The zero-order valence-corrected chi connectivity index (χ0v) is 9.67. The summed E-state index contributed by atoms with van der Waals surface area (Å²) in [5, 5.41) is 9.81. The van der Waals surface area contributed by atoms with Gasteiger partial charge in [-0.3, -0.25) is 10.1 Å². The van der Waals surface area contributed by atoms with E-state index in [0.29, 0.717) is 13.1 Å². The van der Waals surface area contributed by atoms with Crippen molar-refractivity contribution in [3.8, 4) is 0 Å². The van der Waals surface area contributed by atoms with Gasteiger partial charge in [-0.25, -0.2) is 9.97 Å². The van der Waals surface area contributed by atoms with Crippen LogP contribution in [0.1, 0.15) is 11.5 Å². The van der Waals surface area contributed by atoms with Crippen molar-refractivity contribution < 1.29 is 0 Å². The minimum atomic E-state index is 0.633. The van der Waals surface area contributed by atoms with Crippen LogP contribution in [0.25, 0.3) is 11.0 Å². The van der Waals surface area contributed by atoms with Gasteiger partial charge in [-0.15, -0.1) is 0 Å². The van der Waals surface area contributed by atoms with Gasteiger partial charge < -0.3 is 5.32 Å². The third kappa shape index (κ3) is 2.33. The highest BCUT2D eigenvalue weighted by Gasteiger charge is 2.00. The Labute approximate surface area is 104 Å². The lowest BCUT2D eigenvalue weighted by Gasteiger charge is -2.03. The summed E-state index contributed by atoms with van der Waals surface area (Å²) in [4.78, 5) is 12.9. The van der Waals surface area contributed by atoms with Crippen LogP contribution in [-0.2, 0) is 13.1 Å². The maximum atomic E-state index is 4.52. The molecule has 0 aliphatic carbocycles. The van der Waals surface area contributed by atoms with Gasteiger partial charge >= 0.3 is 0 Å². The second-order valence-electron chi connectivity index (χ2n) is 3.89. The van der Waals surface area contributed by atoms with E-state index in [2.05, 4.69) is 30.5 Å². The van der Waals surface area contributed by atoms with Crippen LogP contribution in [0.4, 0.5) is 0 Å². The molecule has 6 nitrogen and oxygen atoms in total. The first kappa shape index (κ1) is 10.8. The van der Waals surface area contributed by atoms with E-state index < -0.39 is 0 Å². The largest absolute Gasteiger partial charge is 0.304 e. The van der Waals surface area contributed by atoms with E-state index in [9.17, 15) is 0 Å². The molecule has 1 aromatic carbocycles. The lowest BCUT2D eigenvalue weighted by molar-refractivity contribution is 0.654. The summed E-state index contributed by atoms with van der Waals surface area (Å²) in [5.41, 5.74) is 2.74. The van der Waals surface area contributed by atoms with E-state index in [-0.39, 0.29) is 0 Å². The second-order valence-corrected chi connectivity index (χ2v) is 3.89. The Morgan fingerprint density at radius 3 is 2.78 bits per heavy atom. The number of fused-ring (bicyclic) bond motifs is 1. The summed E-state index contributed by atoms with van der Waals surface area (Å²) in [6.07, 6.45) is 3.28. The van der Waals surface area contributed by atoms with E-state index >= 15 is 0 Å². The summed E-state index contributed by atoms with van der Waals surface area (Å²) in [6.45, 7) is 1.28. The van der Waals surface area contributed by atoms with Gasteiger partial charge in [0, 0.05) is 6.54 Å². The van der Waals surface area contributed by atoms with E-state index in [1.165, 1.54) is 6.33 Å². The van der Waals surface area contributed by atoms with Crippen molar-refractivity contribution in [1.82, 2.24) is 30.5 Å². The molecule has 90 valence electrons. The number of para-hydroxylation sites is 2. The minimum absolute atomic E-state index is 0.633.